The van der Waals surface area contributed by atoms with Crippen LogP contribution in [0.2, 0.25) is 0 Å². The van der Waals surface area contributed by atoms with Crippen LogP contribution in [-0.2, 0) is 13.0 Å². The maximum absolute atomic E-state index is 6.09. The number of rotatable bonds is 7. The molecule has 1 aliphatic rings. The van der Waals surface area contributed by atoms with E-state index in [0.29, 0.717) is 6.04 Å². The van der Waals surface area contributed by atoms with Gasteiger partial charge in [0.25, 0.3) is 0 Å². The van der Waals surface area contributed by atoms with Crippen molar-refractivity contribution in [2.24, 2.45) is 0 Å². The maximum Gasteiger partial charge on any atom is 0.126 e. The first-order valence-corrected chi connectivity index (χ1v) is 9.07. The molecule has 0 unspecified atom stereocenters. The summed E-state index contributed by atoms with van der Waals surface area (Å²) in [7, 11) is 0. The highest BCUT2D eigenvalue weighted by Gasteiger charge is 2.21. The van der Waals surface area contributed by atoms with Crippen molar-refractivity contribution in [1.29, 1.82) is 0 Å². The minimum atomic E-state index is 0.711. The fourth-order valence-electron chi connectivity index (χ4n) is 2.39. The second kappa shape index (κ2) is 6.95. The van der Waals surface area contributed by atoms with E-state index in [1.54, 1.807) is 11.3 Å². The molecule has 0 amide bonds. The number of hydrogen-bond acceptors (Lipinski definition) is 3. The van der Waals surface area contributed by atoms with Crippen molar-refractivity contribution in [3.63, 3.8) is 0 Å². The Labute approximate surface area is 138 Å². The smallest absolute Gasteiger partial charge is 0.126 e. The number of benzene rings is 1. The number of nitrogens with one attached hydrogen (secondary N) is 1. The van der Waals surface area contributed by atoms with Gasteiger partial charge >= 0.3 is 0 Å². The van der Waals surface area contributed by atoms with E-state index < -0.39 is 0 Å². The van der Waals surface area contributed by atoms with Gasteiger partial charge in [-0.1, -0.05) is 22.0 Å². The molecule has 1 heterocycles. The molecule has 0 saturated heterocycles. The van der Waals surface area contributed by atoms with Crippen molar-refractivity contribution < 1.29 is 4.74 Å². The molecule has 0 atom stereocenters. The van der Waals surface area contributed by atoms with E-state index in [1.165, 1.54) is 28.8 Å². The summed E-state index contributed by atoms with van der Waals surface area (Å²) in [6.45, 7) is 3.74. The topological polar surface area (TPSA) is 21.3 Å². The van der Waals surface area contributed by atoms with Crippen LogP contribution < -0.4 is 10.1 Å². The Kier molecular flexibility index (Phi) is 4.99. The number of hydrogen-bond donors (Lipinski definition) is 1. The average molecular weight is 366 g/mol. The maximum atomic E-state index is 6.09. The number of thiophene rings is 1. The molecular weight excluding hydrogens is 346 g/mol. The van der Waals surface area contributed by atoms with Crippen LogP contribution in [-0.4, -0.2) is 12.6 Å². The lowest BCUT2D eigenvalue weighted by Crippen LogP contribution is -2.16. The zero-order valence-corrected chi connectivity index (χ0v) is 14.6. The van der Waals surface area contributed by atoms with Gasteiger partial charge < -0.3 is 10.1 Å². The van der Waals surface area contributed by atoms with Crippen molar-refractivity contribution in [3.05, 3.63) is 50.1 Å². The molecule has 21 heavy (non-hydrogen) atoms. The van der Waals surface area contributed by atoms with Crippen LogP contribution in [0.4, 0.5) is 0 Å². The Morgan fingerprint density at radius 2 is 2.24 bits per heavy atom. The lowest BCUT2D eigenvalue weighted by Gasteiger charge is -2.15. The second-order valence-corrected chi connectivity index (χ2v) is 7.49. The third-order valence-corrected chi connectivity index (χ3v) is 5.04. The van der Waals surface area contributed by atoms with E-state index in [0.717, 1.165) is 29.8 Å². The van der Waals surface area contributed by atoms with Gasteiger partial charge in [-0.05, 0) is 48.9 Å². The molecule has 1 aromatic heterocycles. The number of halogens is 1. The first-order chi connectivity index (χ1) is 10.2. The first-order valence-electron chi connectivity index (χ1n) is 7.40. The third kappa shape index (κ3) is 4.31. The highest BCUT2D eigenvalue weighted by molar-refractivity contribution is 9.10. The summed E-state index contributed by atoms with van der Waals surface area (Å²) in [6.07, 6.45) is 3.59. The van der Waals surface area contributed by atoms with Crippen molar-refractivity contribution >= 4 is 27.3 Å². The Bertz CT molecular complexity index is 593. The first kappa shape index (κ1) is 15.1. The third-order valence-electron chi connectivity index (χ3n) is 3.65. The standard InChI is InChI=1S/C17H20BrNOS/c1-12-9-14(18)10-13(11-19-15-4-5-15)17(12)20-7-6-16-3-2-8-21-16/h2-3,8-10,15,19H,4-7,11H2,1H3. The predicted octanol–water partition coefficient (Wildman–Crippen LogP) is 4.69. The summed E-state index contributed by atoms with van der Waals surface area (Å²) in [6, 6.07) is 9.26. The molecule has 112 valence electrons. The van der Waals surface area contributed by atoms with Crippen LogP contribution >= 0.6 is 27.3 Å². The van der Waals surface area contributed by atoms with Crippen LogP contribution in [0.15, 0.2) is 34.1 Å². The molecule has 1 saturated carbocycles. The van der Waals surface area contributed by atoms with Crippen LogP contribution in [0.1, 0.15) is 28.8 Å². The minimum Gasteiger partial charge on any atom is -0.493 e. The lowest BCUT2D eigenvalue weighted by atomic mass is 10.1. The van der Waals surface area contributed by atoms with E-state index in [9.17, 15) is 0 Å². The molecule has 0 aliphatic heterocycles. The van der Waals surface area contributed by atoms with Crippen molar-refractivity contribution in [1.82, 2.24) is 5.32 Å². The molecule has 4 heteroatoms. The second-order valence-electron chi connectivity index (χ2n) is 5.54. The number of ether oxygens (including phenoxy) is 1. The van der Waals surface area contributed by atoms with E-state index in [2.05, 4.69) is 57.8 Å². The fraction of sp³-hybridized carbons (Fsp3) is 0.412. The number of aryl methyl sites for hydroxylation is 1. The van der Waals surface area contributed by atoms with Crippen LogP contribution in [0.3, 0.4) is 0 Å². The molecule has 2 aromatic rings. The zero-order valence-electron chi connectivity index (χ0n) is 12.2. The Morgan fingerprint density at radius 3 is 2.95 bits per heavy atom. The van der Waals surface area contributed by atoms with Gasteiger partial charge in [0.1, 0.15) is 5.75 Å². The largest absolute Gasteiger partial charge is 0.493 e. The summed E-state index contributed by atoms with van der Waals surface area (Å²) in [5, 5.41) is 5.69. The van der Waals surface area contributed by atoms with E-state index in [-0.39, 0.29) is 0 Å². The summed E-state index contributed by atoms with van der Waals surface area (Å²) < 4.78 is 7.22. The van der Waals surface area contributed by atoms with Crippen molar-refractivity contribution in [2.45, 2.75) is 38.8 Å². The zero-order chi connectivity index (χ0) is 14.7. The van der Waals surface area contributed by atoms with Gasteiger partial charge in [-0.25, -0.2) is 0 Å². The van der Waals surface area contributed by atoms with Gasteiger partial charge in [0.05, 0.1) is 6.61 Å². The minimum absolute atomic E-state index is 0.711. The molecule has 1 aromatic carbocycles. The van der Waals surface area contributed by atoms with Gasteiger partial charge in [0.2, 0.25) is 0 Å². The lowest BCUT2D eigenvalue weighted by molar-refractivity contribution is 0.316. The Hall–Kier alpha value is -0.840. The average Bonchev–Trinajstić information content (AvgIpc) is 3.14. The molecule has 1 N–H and O–H groups in total. The quantitative estimate of drug-likeness (QED) is 0.768. The van der Waals surface area contributed by atoms with Gasteiger partial charge in [0.15, 0.2) is 0 Å². The van der Waals surface area contributed by atoms with E-state index >= 15 is 0 Å². The molecule has 3 rings (SSSR count). The fourth-order valence-corrected chi connectivity index (χ4v) is 3.70. The van der Waals surface area contributed by atoms with Crippen LogP contribution in [0.5, 0.6) is 5.75 Å². The summed E-state index contributed by atoms with van der Waals surface area (Å²) >= 11 is 5.38. The summed E-state index contributed by atoms with van der Waals surface area (Å²) in [4.78, 5) is 1.38. The van der Waals surface area contributed by atoms with Crippen molar-refractivity contribution in [3.8, 4) is 5.75 Å². The van der Waals surface area contributed by atoms with Gasteiger partial charge in [-0.2, -0.15) is 0 Å². The Morgan fingerprint density at radius 1 is 1.38 bits per heavy atom. The molecule has 0 bridgehead atoms. The molecule has 1 aliphatic carbocycles. The normalized spacial score (nSPS) is 14.4. The summed E-state index contributed by atoms with van der Waals surface area (Å²) in [5.41, 5.74) is 2.45. The van der Waals surface area contributed by atoms with E-state index in [4.69, 9.17) is 4.74 Å². The molecular formula is C17H20BrNOS. The SMILES string of the molecule is Cc1cc(Br)cc(CNC2CC2)c1OCCc1cccs1. The van der Waals surface area contributed by atoms with Crippen LogP contribution in [0, 0.1) is 6.92 Å². The van der Waals surface area contributed by atoms with Crippen LogP contribution in [0.25, 0.3) is 0 Å². The van der Waals surface area contributed by atoms with E-state index in [1.807, 2.05) is 0 Å². The van der Waals surface area contributed by atoms with Gasteiger partial charge in [-0.15, -0.1) is 11.3 Å². The van der Waals surface area contributed by atoms with Gasteiger partial charge in [-0.3, -0.25) is 0 Å². The molecule has 0 spiro atoms. The summed E-state index contributed by atoms with van der Waals surface area (Å²) in [5.74, 6) is 1.04. The monoisotopic (exact) mass is 365 g/mol. The highest BCUT2D eigenvalue weighted by atomic mass is 79.9. The molecule has 1 fully saturated rings. The molecule has 2 nitrogen and oxygen atoms in total. The highest BCUT2D eigenvalue weighted by Crippen LogP contribution is 2.29. The van der Waals surface area contributed by atoms with Crippen molar-refractivity contribution in [2.75, 3.05) is 6.61 Å². The Balaban J connectivity index is 1.65. The van der Waals surface area contributed by atoms with Gasteiger partial charge in [0, 0.05) is 33.9 Å². The predicted molar refractivity (Wildman–Crippen MR) is 92.3 cm³/mol. The molecule has 0 radical (unpaired) electrons.